The van der Waals surface area contributed by atoms with Gasteiger partial charge in [0.25, 0.3) is 0 Å². The summed E-state index contributed by atoms with van der Waals surface area (Å²) in [4.78, 5) is 0. The van der Waals surface area contributed by atoms with Gasteiger partial charge in [0.15, 0.2) is 0 Å². The predicted molar refractivity (Wildman–Crippen MR) is 74.3 cm³/mol. The summed E-state index contributed by atoms with van der Waals surface area (Å²) in [6.45, 7) is 1.10. The maximum atomic E-state index is 13.5. The van der Waals surface area contributed by atoms with E-state index in [4.69, 9.17) is 0 Å². The number of thioether (sulfide) groups is 1. The zero-order valence-corrected chi connectivity index (χ0v) is 11.8. The number of aliphatic hydroxyl groups is 1. The Morgan fingerprint density at radius 3 is 2.68 bits per heavy atom. The molecule has 2 N–H and O–H groups in total. The molecule has 19 heavy (non-hydrogen) atoms. The standard InChI is InChI=1S/C14H19F2NOS/c1-19-14(5-2-6-14)9-17-8-13(18)11-4-3-10(15)7-12(11)16/h3-4,7,13,17-18H,2,5-6,8-9H2,1H3. The zero-order valence-electron chi connectivity index (χ0n) is 11.0. The van der Waals surface area contributed by atoms with Gasteiger partial charge in [0, 0.05) is 29.5 Å². The van der Waals surface area contributed by atoms with Crippen molar-refractivity contribution in [3.8, 4) is 0 Å². The van der Waals surface area contributed by atoms with Crippen LogP contribution >= 0.6 is 11.8 Å². The summed E-state index contributed by atoms with van der Waals surface area (Å²) in [6.07, 6.45) is 4.76. The van der Waals surface area contributed by atoms with Crippen LogP contribution in [0.15, 0.2) is 18.2 Å². The van der Waals surface area contributed by atoms with Gasteiger partial charge in [-0.3, -0.25) is 0 Å². The third kappa shape index (κ3) is 3.46. The Hall–Kier alpha value is -0.650. The highest BCUT2D eigenvalue weighted by molar-refractivity contribution is 8.00. The van der Waals surface area contributed by atoms with Gasteiger partial charge in [0.05, 0.1) is 6.10 Å². The lowest BCUT2D eigenvalue weighted by Gasteiger charge is -2.40. The van der Waals surface area contributed by atoms with Gasteiger partial charge in [-0.05, 0) is 25.2 Å². The molecule has 2 rings (SSSR count). The molecule has 1 aliphatic rings. The Kier molecular flexibility index (Phi) is 4.81. The summed E-state index contributed by atoms with van der Waals surface area (Å²) in [5.74, 6) is -1.32. The minimum absolute atomic E-state index is 0.140. The van der Waals surface area contributed by atoms with Crippen molar-refractivity contribution in [2.75, 3.05) is 19.3 Å². The second-order valence-electron chi connectivity index (χ2n) is 5.05. The van der Waals surface area contributed by atoms with Crippen LogP contribution in [0.3, 0.4) is 0 Å². The Balaban J connectivity index is 1.85. The van der Waals surface area contributed by atoms with E-state index in [0.717, 1.165) is 18.7 Å². The summed E-state index contributed by atoms with van der Waals surface area (Å²) in [7, 11) is 0. The molecule has 5 heteroatoms. The van der Waals surface area contributed by atoms with Crippen LogP contribution in [0.2, 0.25) is 0 Å². The molecule has 0 spiro atoms. The fourth-order valence-electron chi connectivity index (χ4n) is 2.34. The monoisotopic (exact) mass is 287 g/mol. The summed E-state index contributed by atoms with van der Waals surface area (Å²) < 4.78 is 26.5. The molecule has 106 valence electrons. The molecule has 0 aromatic heterocycles. The molecule has 1 atom stereocenters. The quantitative estimate of drug-likeness (QED) is 0.844. The predicted octanol–water partition coefficient (Wildman–Crippen LogP) is 2.87. The third-order valence-corrected chi connectivity index (χ3v) is 5.22. The van der Waals surface area contributed by atoms with E-state index in [9.17, 15) is 13.9 Å². The highest BCUT2D eigenvalue weighted by Gasteiger charge is 2.35. The first-order valence-corrected chi connectivity index (χ1v) is 7.68. The van der Waals surface area contributed by atoms with Crippen molar-refractivity contribution in [1.29, 1.82) is 0 Å². The number of hydrogen-bond acceptors (Lipinski definition) is 3. The fraction of sp³-hybridized carbons (Fsp3) is 0.571. The zero-order chi connectivity index (χ0) is 13.9. The van der Waals surface area contributed by atoms with Crippen molar-refractivity contribution < 1.29 is 13.9 Å². The molecule has 0 bridgehead atoms. The van der Waals surface area contributed by atoms with Gasteiger partial charge in [0.2, 0.25) is 0 Å². The molecule has 0 heterocycles. The molecule has 2 nitrogen and oxygen atoms in total. The number of rotatable bonds is 6. The molecule has 0 saturated heterocycles. The van der Waals surface area contributed by atoms with Gasteiger partial charge in [-0.2, -0.15) is 11.8 Å². The maximum Gasteiger partial charge on any atom is 0.131 e. The van der Waals surface area contributed by atoms with Crippen molar-refractivity contribution in [3.63, 3.8) is 0 Å². The molecule has 1 aliphatic carbocycles. The van der Waals surface area contributed by atoms with E-state index in [2.05, 4.69) is 11.6 Å². The molecule has 1 fully saturated rings. The Morgan fingerprint density at radius 2 is 2.16 bits per heavy atom. The van der Waals surface area contributed by atoms with Crippen LogP contribution < -0.4 is 5.32 Å². The molecule has 0 radical (unpaired) electrons. The third-order valence-electron chi connectivity index (χ3n) is 3.80. The molecule has 1 saturated carbocycles. The first-order valence-electron chi connectivity index (χ1n) is 6.45. The number of halogens is 2. The van der Waals surface area contributed by atoms with Crippen molar-refractivity contribution in [2.24, 2.45) is 0 Å². The molecule has 1 aromatic carbocycles. The average molecular weight is 287 g/mol. The van der Waals surface area contributed by atoms with Crippen molar-refractivity contribution in [1.82, 2.24) is 5.32 Å². The SMILES string of the molecule is CSC1(CNCC(O)c2ccc(F)cc2F)CCC1. The summed E-state index contributed by atoms with van der Waals surface area (Å²) in [5, 5.41) is 13.1. The second kappa shape index (κ2) is 6.20. The van der Waals surface area contributed by atoms with Gasteiger partial charge in [-0.15, -0.1) is 0 Å². The molecular weight excluding hydrogens is 268 g/mol. The van der Waals surface area contributed by atoms with Crippen LogP contribution in [0.1, 0.15) is 30.9 Å². The van der Waals surface area contributed by atoms with E-state index in [0.29, 0.717) is 0 Å². The maximum absolute atomic E-state index is 13.5. The number of benzene rings is 1. The van der Waals surface area contributed by atoms with E-state index in [1.54, 1.807) is 0 Å². The first-order chi connectivity index (χ1) is 9.06. The molecule has 0 aliphatic heterocycles. The van der Waals surface area contributed by atoms with Crippen LogP contribution in [0.25, 0.3) is 0 Å². The van der Waals surface area contributed by atoms with E-state index in [1.807, 2.05) is 11.8 Å². The van der Waals surface area contributed by atoms with E-state index in [-0.39, 0.29) is 16.9 Å². The second-order valence-corrected chi connectivity index (χ2v) is 6.33. The number of hydrogen-bond donors (Lipinski definition) is 2. The highest BCUT2D eigenvalue weighted by atomic mass is 32.2. The number of aliphatic hydroxyl groups excluding tert-OH is 1. The van der Waals surface area contributed by atoms with Crippen LogP contribution in [-0.4, -0.2) is 29.2 Å². The molecular formula is C14H19F2NOS. The highest BCUT2D eigenvalue weighted by Crippen LogP contribution is 2.42. The van der Waals surface area contributed by atoms with Crippen molar-refractivity contribution >= 4 is 11.8 Å². The minimum Gasteiger partial charge on any atom is -0.387 e. The smallest absolute Gasteiger partial charge is 0.131 e. The first kappa shape index (κ1) is 14.8. The lowest BCUT2D eigenvalue weighted by molar-refractivity contribution is 0.166. The van der Waals surface area contributed by atoms with Crippen LogP contribution in [0.5, 0.6) is 0 Å². The summed E-state index contributed by atoms with van der Waals surface area (Å²) in [6, 6.07) is 3.26. The Labute approximate surface area is 116 Å². The normalized spacial score (nSPS) is 18.9. The summed E-state index contributed by atoms with van der Waals surface area (Å²) in [5.41, 5.74) is 0.140. The van der Waals surface area contributed by atoms with Gasteiger partial charge in [0.1, 0.15) is 11.6 Å². The fourth-order valence-corrected chi connectivity index (χ4v) is 3.29. The summed E-state index contributed by atoms with van der Waals surface area (Å²) >= 11 is 1.84. The molecule has 0 amide bonds. The Bertz CT molecular complexity index is 432. The van der Waals surface area contributed by atoms with Crippen molar-refractivity contribution in [2.45, 2.75) is 30.1 Å². The van der Waals surface area contributed by atoms with Gasteiger partial charge < -0.3 is 10.4 Å². The Morgan fingerprint density at radius 1 is 1.42 bits per heavy atom. The van der Waals surface area contributed by atoms with E-state index < -0.39 is 17.7 Å². The largest absolute Gasteiger partial charge is 0.387 e. The van der Waals surface area contributed by atoms with Crippen LogP contribution in [-0.2, 0) is 0 Å². The topological polar surface area (TPSA) is 32.3 Å². The molecule has 1 aromatic rings. The van der Waals surface area contributed by atoms with Gasteiger partial charge in [-0.1, -0.05) is 12.5 Å². The minimum atomic E-state index is -0.945. The van der Waals surface area contributed by atoms with Crippen molar-refractivity contribution in [3.05, 3.63) is 35.4 Å². The van der Waals surface area contributed by atoms with E-state index in [1.165, 1.54) is 25.3 Å². The lowest BCUT2D eigenvalue weighted by Crippen LogP contribution is -2.44. The number of nitrogens with one attached hydrogen (secondary N) is 1. The van der Waals surface area contributed by atoms with Crippen LogP contribution in [0.4, 0.5) is 8.78 Å². The van der Waals surface area contributed by atoms with Gasteiger partial charge >= 0.3 is 0 Å². The van der Waals surface area contributed by atoms with Gasteiger partial charge in [-0.25, -0.2) is 8.78 Å². The van der Waals surface area contributed by atoms with E-state index >= 15 is 0 Å². The lowest BCUT2D eigenvalue weighted by atomic mass is 9.84. The average Bonchev–Trinajstić information content (AvgIpc) is 2.32. The van der Waals surface area contributed by atoms with Crippen LogP contribution in [0, 0.1) is 11.6 Å². The molecule has 1 unspecified atom stereocenters.